The first-order chi connectivity index (χ1) is 13.8. The van der Waals surface area contributed by atoms with Crippen LogP contribution in [0.3, 0.4) is 0 Å². The number of ether oxygens (including phenoxy) is 2. The normalized spacial score (nSPS) is 13.9. The molecule has 2 aromatic rings. The molecule has 2 aromatic carbocycles. The molecule has 0 bridgehead atoms. The summed E-state index contributed by atoms with van der Waals surface area (Å²) in [6.07, 6.45) is -0.401. The fourth-order valence-electron chi connectivity index (χ4n) is 3.54. The lowest BCUT2D eigenvalue weighted by atomic mass is 9.98. The van der Waals surface area contributed by atoms with E-state index in [9.17, 15) is 9.59 Å². The maximum atomic E-state index is 12.4. The number of nitrogens with one attached hydrogen (secondary N) is 1. The van der Waals surface area contributed by atoms with Crippen molar-refractivity contribution in [1.82, 2.24) is 5.32 Å². The lowest BCUT2D eigenvalue weighted by molar-refractivity contribution is -0.155. The first-order valence-corrected chi connectivity index (χ1v) is 11.2. The van der Waals surface area contributed by atoms with Gasteiger partial charge in [0.25, 0.3) is 0 Å². The maximum absolute atomic E-state index is 12.4. The third kappa shape index (κ3) is 5.50. The van der Waals surface area contributed by atoms with Gasteiger partial charge in [0.15, 0.2) is 0 Å². The topological polar surface area (TPSA) is 64.6 Å². The molecule has 0 fully saturated rings. The van der Waals surface area contributed by atoms with E-state index in [1.807, 2.05) is 45.0 Å². The molecule has 1 amide bonds. The van der Waals surface area contributed by atoms with Crippen molar-refractivity contribution in [3.8, 4) is 11.1 Å². The monoisotopic (exact) mass is 507 g/mol. The number of carbonyl (C=O) groups excluding carboxylic acids is 2. The van der Waals surface area contributed by atoms with Crippen LogP contribution in [0.2, 0.25) is 0 Å². The van der Waals surface area contributed by atoms with E-state index in [4.69, 9.17) is 9.47 Å². The highest BCUT2D eigenvalue weighted by Crippen LogP contribution is 2.44. The lowest BCUT2D eigenvalue weighted by Crippen LogP contribution is -2.39. The summed E-state index contributed by atoms with van der Waals surface area (Å²) in [4.78, 5) is 24.4. The molecule has 0 radical (unpaired) electrons. The molecule has 0 unspecified atom stereocenters. The highest BCUT2D eigenvalue weighted by atomic mass is 127. The van der Waals surface area contributed by atoms with Crippen LogP contribution >= 0.6 is 22.6 Å². The Kier molecular flexibility index (Phi) is 6.82. The number of esters is 1. The summed E-state index contributed by atoms with van der Waals surface area (Å²) in [7, 11) is 0. The van der Waals surface area contributed by atoms with Crippen LogP contribution in [0.1, 0.15) is 44.2 Å². The summed E-state index contributed by atoms with van der Waals surface area (Å²) < 4.78 is 11.5. The van der Waals surface area contributed by atoms with Crippen LogP contribution in [0, 0.1) is 0 Å². The van der Waals surface area contributed by atoms with Crippen LogP contribution in [0.15, 0.2) is 48.5 Å². The second-order valence-corrected chi connectivity index (χ2v) is 8.99. The predicted molar refractivity (Wildman–Crippen MR) is 121 cm³/mol. The summed E-state index contributed by atoms with van der Waals surface area (Å²) in [6, 6.07) is 16.1. The van der Waals surface area contributed by atoms with Crippen LogP contribution < -0.4 is 5.32 Å². The fraction of sp³-hybridized carbons (Fsp3) is 0.391. The van der Waals surface area contributed by atoms with E-state index < -0.39 is 11.7 Å². The van der Waals surface area contributed by atoms with E-state index in [2.05, 4.69) is 52.2 Å². The van der Waals surface area contributed by atoms with E-state index in [0.29, 0.717) is 4.43 Å². The van der Waals surface area contributed by atoms with Crippen LogP contribution in [0.25, 0.3) is 11.1 Å². The van der Waals surface area contributed by atoms with Gasteiger partial charge in [0.05, 0.1) is 12.5 Å². The van der Waals surface area contributed by atoms with Gasteiger partial charge in [-0.2, -0.15) is 0 Å². The quantitative estimate of drug-likeness (QED) is 0.337. The van der Waals surface area contributed by atoms with Gasteiger partial charge in [-0.05, 0) is 43.0 Å². The third-order valence-electron chi connectivity index (χ3n) is 4.69. The molecule has 1 atom stereocenters. The van der Waals surface area contributed by atoms with Gasteiger partial charge >= 0.3 is 12.1 Å². The van der Waals surface area contributed by atoms with E-state index in [-0.39, 0.29) is 31.0 Å². The van der Waals surface area contributed by atoms with Crippen molar-refractivity contribution in [2.45, 2.75) is 44.8 Å². The summed E-state index contributed by atoms with van der Waals surface area (Å²) in [5.41, 5.74) is 4.16. The number of hydrogen-bond donors (Lipinski definition) is 1. The van der Waals surface area contributed by atoms with Gasteiger partial charge in [0, 0.05) is 10.3 Å². The van der Waals surface area contributed by atoms with E-state index in [1.54, 1.807) is 0 Å². The highest BCUT2D eigenvalue weighted by molar-refractivity contribution is 14.1. The molecule has 5 nitrogen and oxygen atoms in total. The van der Waals surface area contributed by atoms with Crippen LogP contribution in [0.4, 0.5) is 4.79 Å². The minimum absolute atomic E-state index is 0.0112. The average molecular weight is 507 g/mol. The van der Waals surface area contributed by atoms with Gasteiger partial charge in [-0.15, -0.1) is 0 Å². The van der Waals surface area contributed by atoms with E-state index >= 15 is 0 Å². The number of alkyl halides is 1. The average Bonchev–Trinajstić information content (AvgIpc) is 2.98. The van der Waals surface area contributed by atoms with E-state index in [0.717, 1.165) is 0 Å². The summed E-state index contributed by atoms with van der Waals surface area (Å²) >= 11 is 2.14. The molecule has 0 saturated heterocycles. The molecule has 0 saturated carbocycles. The Bertz CT molecular complexity index is 845. The molecule has 3 rings (SSSR count). The number of alkyl carbamates (subject to hydrolysis) is 1. The van der Waals surface area contributed by atoms with Crippen LogP contribution in [0.5, 0.6) is 0 Å². The first-order valence-electron chi connectivity index (χ1n) is 9.68. The standard InChI is InChI=1S/C23H26INO4/c1-23(2,3)29-21(26)12-15(13-24)25-22(27)28-14-20-18-10-6-4-8-16(18)17-9-5-7-11-19(17)20/h4-11,15,20H,12-14H2,1-3H3,(H,25,27)/t15-/m0/s1. The smallest absolute Gasteiger partial charge is 0.407 e. The van der Waals surface area contributed by atoms with Crippen molar-refractivity contribution in [2.24, 2.45) is 0 Å². The Labute approximate surface area is 185 Å². The van der Waals surface area contributed by atoms with Gasteiger partial charge in [-0.1, -0.05) is 71.1 Å². The predicted octanol–water partition coefficient (Wildman–Crippen LogP) is 5.06. The largest absolute Gasteiger partial charge is 0.460 e. The number of halogens is 1. The molecular formula is C23H26INO4. The Morgan fingerprint density at radius 3 is 2.10 bits per heavy atom. The Balaban J connectivity index is 1.60. The zero-order valence-electron chi connectivity index (χ0n) is 16.9. The minimum atomic E-state index is -0.545. The number of hydrogen-bond acceptors (Lipinski definition) is 4. The molecule has 6 heteroatoms. The van der Waals surface area contributed by atoms with Gasteiger partial charge in [-0.25, -0.2) is 4.79 Å². The van der Waals surface area contributed by atoms with Gasteiger partial charge in [0.1, 0.15) is 12.2 Å². The maximum Gasteiger partial charge on any atom is 0.407 e. The molecule has 1 aliphatic rings. The number of amides is 1. The first kappa shape index (κ1) is 21.6. The van der Waals surface area contributed by atoms with Crippen LogP contribution in [-0.4, -0.2) is 34.7 Å². The molecule has 0 heterocycles. The highest BCUT2D eigenvalue weighted by Gasteiger charge is 2.29. The van der Waals surface area contributed by atoms with Gasteiger partial charge in [0.2, 0.25) is 0 Å². The third-order valence-corrected chi connectivity index (χ3v) is 5.75. The van der Waals surface area contributed by atoms with Crippen LogP contribution in [-0.2, 0) is 14.3 Å². The molecule has 1 aliphatic carbocycles. The lowest BCUT2D eigenvalue weighted by Gasteiger charge is -2.22. The number of fused-ring (bicyclic) bond motifs is 3. The molecule has 1 N–H and O–H groups in total. The van der Waals surface area contributed by atoms with Crippen molar-refractivity contribution in [2.75, 3.05) is 11.0 Å². The molecule has 0 aliphatic heterocycles. The van der Waals surface area contributed by atoms with Crippen molar-refractivity contribution in [3.63, 3.8) is 0 Å². The second kappa shape index (κ2) is 9.15. The summed E-state index contributed by atoms with van der Waals surface area (Å²) in [6.45, 7) is 5.72. The van der Waals surface area contributed by atoms with Crippen molar-refractivity contribution < 1.29 is 19.1 Å². The van der Waals surface area contributed by atoms with Gasteiger partial charge < -0.3 is 14.8 Å². The van der Waals surface area contributed by atoms with E-state index in [1.165, 1.54) is 22.3 Å². The summed E-state index contributed by atoms with van der Waals surface area (Å²) in [5.74, 6) is -0.324. The Morgan fingerprint density at radius 2 is 1.59 bits per heavy atom. The zero-order valence-corrected chi connectivity index (χ0v) is 19.1. The molecule has 154 valence electrons. The number of benzene rings is 2. The zero-order chi connectivity index (χ0) is 21.0. The Morgan fingerprint density at radius 1 is 1.03 bits per heavy atom. The van der Waals surface area contributed by atoms with Gasteiger partial charge in [-0.3, -0.25) is 4.79 Å². The Hall–Kier alpha value is -2.09. The minimum Gasteiger partial charge on any atom is -0.460 e. The summed E-state index contributed by atoms with van der Waals surface area (Å²) in [5, 5.41) is 2.79. The van der Waals surface area contributed by atoms with Crippen molar-refractivity contribution in [3.05, 3.63) is 59.7 Å². The molecule has 0 aromatic heterocycles. The fourth-order valence-corrected chi connectivity index (χ4v) is 4.07. The SMILES string of the molecule is CC(C)(C)OC(=O)C[C@@H](CI)NC(=O)OCC1c2ccccc2-c2ccccc21. The second-order valence-electron chi connectivity index (χ2n) is 8.11. The molecule has 29 heavy (non-hydrogen) atoms. The number of carbonyl (C=O) groups is 2. The molecule has 0 spiro atoms. The van der Waals surface area contributed by atoms with Crippen molar-refractivity contribution >= 4 is 34.7 Å². The van der Waals surface area contributed by atoms with Crippen molar-refractivity contribution in [1.29, 1.82) is 0 Å². The molecular weight excluding hydrogens is 481 g/mol. The number of rotatable bonds is 6.